The van der Waals surface area contributed by atoms with E-state index in [1.54, 1.807) is 76.2 Å². The van der Waals surface area contributed by atoms with Gasteiger partial charge in [-0.1, -0.05) is 88.4 Å². The molecule has 0 saturated heterocycles. The lowest BCUT2D eigenvalue weighted by molar-refractivity contribution is -0.137. The molecule has 39 heavy (non-hydrogen) atoms. The van der Waals surface area contributed by atoms with Crippen molar-refractivity contribution in [1.29, 1.82) is 0 Å². The molecule has 3 atom stereocenters. The van der Waals surface area contributed by atoms with Gasteiger partial charge in [-0.25, -0.2) is 13.6 Å². The molecule has 0 bridgehead atoms. The van der Waals surface area contributed by atoms with E-state index in [1.807, 2.05) is 12.1 Å². The molecule has 3 unspecified atom stereocenters. The first kappa shape index (κ1) is 31.7. The van der Waals surface area contributed by atoms with Gasteiger partial charge in [-0.3, -0.25) is 9.59 Å². The Hall–Kier alpha value is -3.53. The molecule has 0 aliphatic carbocycles. The van der Waals surface area contributed by atoms with Crippen LogP contribution in [0.3, 0.4) is 0 Å². The molecule has 0 aliphatic rings. The number of carbonyl (C=O) groups is 3. The summed E-state index contributed by atoms with van der Waals surface area (Å²) in [5.41, 5.74) is 1.47. The summed E-state index contributed by atoms with van der Waals surface area (Å²) in [5, 5.41) is 17.6. The van der Waals surface area contributed by atoms with Gasteiger partial charge in [0.25, 0.3) is 5.92 Å². The van der Waals surface area contributed by atoms with Crippen LogP contribution in [0.25, 0.3) is 0 Å². The van der Waals surface area contributed by atoms with Crippen molar-refractivity contribution in [3.63, 3.8) is 0 Å². The lowest BCUT2D eigenvalue weighted by atomic mass is 9.95. The zero-order valence-corrected chi connectivity index (χ0v) is 22.8. The number of carbonyl (C=O) groups excluding carboxylic acids is 3. The monoisotopic (exact) mass is 547 g/mol. The predicted octanol–water partition coefficient (Wildman–Crippen LogP) is 3.82. The molecule has 0 spiro atoms. The normalized spacial score (nSPS) is 13.9. The van der Waals surface area contributed by atoms with Crippen LogP contribution in [0.4, 0.5) is 13.6 Å². The highest BCUT2D eigenvalue weighted by molar-refractivity contribution is 5.88. The van der Waals surface area contributed by atoms with Crippen molar-refractivity contribution in [2.24, 2.45) is 11.8 Å². The first-order chi connectivity index (χ1) is 18.4. The molecule has 10 heteroatoms. The average molecular weight is 548 g/mol. The first-order valence-electron chi connectivity index (χ1n) is 13.0. The van der Waals surface area contributed by atoms with Crippen LogP contribution in [0.1, 0.15) is 45.2 Å². The Bertz CT molecular complexity index is 1050. The Kier molecular flexibility index (Phi) is 12.3. The number of alkyl carbamates (subject to hydrolysis) is 1. The van der Waals surface area contributed by atoms with Crippen LogP contribution in [0, 0.1) is 11.8 Å². The van der Waals surface area contributed by atoms with Gasteiger partial charge in [-0.2, -0.15) is 0 Å². The SMILES string of the molecule is CC(C)CC(NC(=O)OCc1ccccc1)C(O)C(F)(F)CNC(=O)C(NC(=O)Cc1ccccc1)C(C)C. The highest BCUT2D eigenvalue weighted by atomic mass is 19.3. The molecule has 2 aromatic carbocycles. The Labute approximate surface area is 228 Å². The number of hydrogen-bond donors (Lipinski definition) is 4. The van der Waals surface area contributed by atoms with Gasteiger partial charge in [-0.05, 0) is 29.4 Å². The summed E-state index contributed by atoms with van der Waals surface area (Å²) in [6.07, 6.45) is -3.15. The van der Waals surface area contributed by atoms with Crippen molar-refractivity contribution in [2.75, 3.05) is 6.54 Å². The third-order valence-corrected chi connectivity index (χ3v) is 6.03. The van der Waals surface area contributed by atoms with Gasteiger partial charge < -0.3 is 25.8 Å². The van der Waals surface area contributed by atoms with Crippen molar-refractivity contribution in [3.05, 3.63) is 71.8 Å². The van der Waals surface area contributed by atoms with E-state index in [1.165, 1.54) is 0 Å². The fourth-order valence-electron chi connectivity index (χ4n) is 3.95. The number of aliphatic hydroxyl groups is 1. The van der Waals surface area contributed by atoms with E-state index in [-0.39, 0.29) is 31.3 Å². The average Bonchev–Trinajstić information content (AvgIpc) is 2.89. The van der Waals surface area contributed by atoms with E-state index in [0.717, 1.165) is 11.1 Å². The van der Waals surface area contributed by atoms with Crippen LogP contribution in [0.2, 0.25) is 0 Å². The summed E-state index contributed by atoms with van der Waals surface area (Å²) in [6.45, 7) is 5.66. The quantitative estimate of drug-likeness (QED) is 0.287. The minimum absolute atomic E-state index is 0.0368. The minimum Gasteiger partial charge on any atom is -0.445 e. The molecule has 0 heterocycles. The van der Waals surface area contributed by atoms with Gasteiger partial charge in [-0.15, -0.1) is 0 Å². The van der Waals surface area contributed by atoms with Crippen molar-refractivity contribution >= 4 is 17.9 Å². The first-order valence-corrected chi connectivity index (χ1v) is 13.0. The van der Waals surface area contributed by atoms with Crippen LogP contribution >= 0.6 is 0 Å². The molecular formula is C29H39F2N3O5. The number of rotatable bonds is 14. The van der Waals surface area contributed by atoms with E-state index in [9.17, 15) is 19.5 Å². The Balaban J connectivity index is 1.97. The second kappa shape index (κ2) is 15.2. The molecule has 0 aliphatic heterocycles. The molecule has 214 valence electrons. The molecule has 8 nitrogen and oxygen atoms in total. The molecule has 0 aromatic heterocycles. The molecule has 3 amide bonds. The number of aliphatic hydroxyl groups excluding tert-OH is 1. The summed E-state index contributed by atoms with van der Waals surface area (Å²) < 4.78 is 35.2. The second-order valence-electron chi connectivity index (χ2n) is 10.3. The van der Waals surface area contributed by atoms with Crippen LogP contribution in [0.5, 0.6) is 0 Å². The van der Waals surface area contributed by atoms with E-state index in [4.69, 9.17) is 4.74 Å². The smallest absolute Gasteiger partial charge is 0.407 e. The molecule has 0 fully saturated rings. The Morgan fingerprint density at radius 2 is 1.46 bits per heavy atom. The summed E-state index contributed by atoms with van der Waals surface area (Å²) in [5.74, 6) is -5.50. The number of hydrogen-bond acceptors (Lipinski definition) is 5. The molecule has 0 radical (unpaired) electrons. The number of amides is 3. The van der Waals surface area contributed by atoms with E-state index in [2.05, 4.69) is 16.0 Å². The van der Waals surface area contributed by atoms with Crippen LogP contribution in [-0.2, 0) is 27.4 Å². The molecule has 4 N–H and O–H groups in total. The zero-order valence-electron chi connectivity index (χ0n) is 22.8. The summed E-state index contributed by atoms with van der Waals surface area (Å²) in [7, 11) is 0. The molecule has 0 saturated carbocycles. The van der Waals surface area contributed by atoms with Gasteiger partial charge in [0, 0.05) is 0 Å². The Morgan fingerprint density at radius 3 is 2.00 bits per heavy atom. The van der Waals surface area contributed by atoms with E-state index in [0.29, 0.717) is 0 Å². The van der Waals surface area contributed by atoms with Crippen LogP contribution in [-0.4, -0.2) is 53.7 Å². The highest BCUT2D eigenvalue weighted by Gasteiger charge is 2.44. The van der Waals surface area contributed by atoms with Gasteiger partial charge in [0.1, 0.15) is 18.8 Å². The molecule has 2 aromatic rings. The van der Waals surface area contributed by atoms with Gasteiger partial charge in [0.2, 0.25) is 11.8 Å². The number of alkyl halides is 2. The number of nitrogens with one attached hydrogen (secondary N) is 3. The van der Waals surface area contributed by atoms with Crippen LogP contribution < -0.4 is 16.0 Å². The highest BCUT2D eigenvalue weighted by Crippen LogP contribution is 2.24. The largest absolute Gasteiger partial charge is 0.445 e. The fraction of sp³-hybridized carbons (Fsp3) is 0.483. The molecular weight excluding hydrogens is 508 g/mol. The van der Waals surface area contributed by atoms with Crippen molar-refractivity contribution in [2.45, 2.75) is 71.3 Å². The summed E-state index contributed by atoms with van der Waals surface area (Å²) in [4.78, 5) is 37.5. The van der Waals surface area contributed by atoms with E-state index < -0.39 is 48.6 Å². The lowest BCUT2D eigenvalue weighted by Gasteiger charge is -2.31. The van der Waals surface area contributed by atoms with Gasteiger partial charge in [0.15, 0.2) is 0 Å². The fourth-order valence-corrected chi connectivity index (χ4v) is 3.95. The van der Waals surface area contributed by atoms with Crippen molar-refractivity contribution in [1.82, 2.24) is 16.0 Å². The second-order valence-corrected chi connectivity index (χ2v) is 10.3. The van der Waals surface area contributed by atoms with E-state index >= 15 is 8.78 Å². The maximum atomic E-state index is 15.0. The Morgan fingerprint density at radius 1 is 0.897 bits per heavy atom. The van der Waals surface area contributed by atoms with Crippen molar-refractivity contribution in [3.8, 4) is 0 Å². The standard InChI is InChI=1S/C29H39F2N3O5/c1-19(2)15-23(33-28(38)39-17-22-13-9-6-10-14-22)26(36)29(30,31)18-32-27(37)25(20(3)4)34-24(35)16-21-11-7-5-8-12-21/h5-14,19-20,23,25-26,36H,15-18H2,1-4H3,(H,32,37)(H,33,38)(H,34,35). The lowest BCUT2D eigenvalue weighted by Crippen LogP contribution is -2.58. The minimum atomic E-state index is -3.78. The topological polar surface area (TPSA) is 117 Å². The van der Waals surface area contributed by atoms with Gasteiger partial charge in [0.05, 0.1) is 19.0 Å². The third-order valence-electron chi connectivity index (χ3n) is 6.03. The summed E-state index contributed by atoms with van der Waals surface area (Å²) >= 11 is 0. The third kappa shape index (κ3) is 11.0. The molecule has 2 rings (SSSR count). The number of halogens is 2. The van der Waals surface area contributed by atoms with Crippen LogP contribution in [0.15, 0.2) is 60.7 Å². The maximum Gasteiger partial charge on any atom is 0.407 e. The summed E-state index contributed by atoms with van der Waals surface area (Å²) in [6, 6.07) is 15.4. The maximum absolute atomic E-state index is 15.0. The number of benzene rings is 2. The predicted molar refractivity (Wildman–Crippen MR) is 144 cm³/mol. The zero-order chi connectivity index (χ0) is 29.0. The van der Waals surface area contributed by atoms with Gasteiger partial charge >= 0.3 is 6.09 Å². The number of ether oxygens (including phenoxy) is 1. The van der Waals surface area contributed by atoms with Crippen molar-refractivity contribution < 1.29 is 33.0 Å².